The van der Waals surface area contributed by atoms with Crippen molar-refractivity contribution >= 4 is 33.3 Å². The van der Waals surface area contributed by atoms with Crippen LogP contribution >= 0.6 is 15.9 Å². The molecule has 2 aromatic rings. The van der Waals surface area contributed by atoms with Gasteiger partial charge in [-0.25, -0.2) is 9.18 Å². The van der Waals surface area contributed by atoms with Crippen LogP contribution in [0.15, 0.2) is 46.9 Å². The SMILES string of the molecule is N#Cc1ccc(N2CCN(C(=O)Nc3ccc(Br)cc3F)CC2)cc1. The van der Waals surface area contributed by atoms with Gasteiger partial charge >= 0.3 is 6.03 Å². The number of carbonyl (C=O) groups is 1. The van der Waals surface area contributed by atoms with Gasteiger partial charge in [-0.2, -0.15) is 5.26 Å². The predicted octanol–water partition coefficient (Wildman–Crippen LogP) is 3.81. The van der Waals surface area contributed by atoms with Crippen molar-refractivity contribution in [1.82, 2.24) is 4.90 Å². The Balaban J connectivity index is 1.57. The molecule has 0 unspecified atom stereocenters. The standard InChI is InChI=1S/C18H16BrFN4O/c19-14-3-6-17(16(20)11-14)22-18(25)24-9-7-23(8-10-24)15-4-1-13(12-21)2-5-15/h1-6,11H,7-10H2,(H,22,25). The summed E-state index contributed by atoms with van der Waals surface area (Å²) < 4.78 is 14.5. The Morgan fingerprint density at radius 3 is 2.40 bits per heavy atom. The van der Waals surface area contributed by atoms with Gasteiger partial charge in [-0.05, 0) is 42.5 Å². The van der Waals surface area contributed by atoms with E-state index < -0.39 is 5.82 Å². The third kappa shape index (κ3) is 4.09. The molecule has 0 saturated carbocycles. The summed E-state index contributed by atoms with van der Waals surface area (Å²) in [5.41, 5.74) is 1.82. The molecule has 0 bridgehead atoms. The number of piperazine rings is 1. The molecule has 7 heteroatoms. The number of nitrogens with zero attached hydrogens (tertiary/aromatic N) is 3. The molecule has 0 aliphatic carbocycles. The smallest absolute Gasteiger partial charge is 0.322 e. The molecular formula is C18H16BrFN4O. The highest BCUT2D eigenvalue weighted by atomic mass is 79.9. The lowest BCUT2D eigenvalue weighted by Crippen LogP contribution is -2.50. The summed E-state index contributed by atoms with van der Waals surface area (Å²) >= 11 is 3.19. The predicted molar refractivity (Wildman–Crippen MR) is 98.1 cm³/mol. The number of hydrogen-bond donors (Lipinski definition) is 1. The molecule has 0 atom stereocenters. The van der Waals surface area contributed by atoms with Gasteiger partial charge in [-0.3, -0.25) is 0 Å². The van der Waals surface area contributed by atoms with Gasteiger partial charge in [0.05, 0.1) is 17.3 Å². The van der Waals surface area contributed by atoms with Crippen LogP contribution < -0.4 is 10.2 Å². The lowest BCUT2D eigenvalue weighted by Gasteiger charge is -2.36. The first-order valence-electron chi connectivity index (χ1n) is 7.83. The van der Waals surface area contributed by atoms with Gasteiger partial charge in [0.2, 0.25) is 0 Å². The van der Waals surface area contributed by atoms with Gasteiger partial charge < -0.3 is 15.1 Å². The first-order valence-corrected chi connectivity index (χ1v) is 8.62. The van der Waals surface area contributed by atoms with Crippen LogP contribution in [0.4, 0.5) is 20.6 Å². The second-order valence-corrected chi connectivity index (χ2v) is 6.60. The molecule has 3 rings (SSSR count). The molecule has 1 aliphatic rings. The van der Waals surface area contributed by atoms with Crippen molar-refractivity contribution in [1.29, 1.82) is 5.26 Å². The minimum Gasteiger partial charge on any atom is -0.368 e. The van der Waals surface area contributed by atoms with Crippen molar-refractivity contribution in [2.75, 3.05) is 36.4 Å². The molecule has 1 N–H and O–H groups in total. The molecule has 25 heavy (non-hydrogen) atoms. The maximum absolute atomic E-state index is 13.8. The monoisotopic (exact) mass is 402 g/mol. The number of amides is 2. The maximum Gasteiger partial charge on any atom is 0.322 e. The van der Waals surface area contributed by atoms with Gasteiger partial charge in [-0.1, -0.05) is 15.9 Å². The van der Waals surface area contributed by atoms with Gasteiger partial charge in [-0.15, -0.1) is 0 Å². The molecule has 0 spiro atoms. The lowest BCUT2D eigenvalue weighted by molar-refractivity contribution is 0.208. The number of rotatable bonds is 2. The number of nitrogens with one attached hydrogen (secondary N) is 1. The van der Waals surface area contributed by atoms with Gasteiger partial charge in [0.15, 0.2) is 0 Å². The number of nitriles is 1. The van der Waals surface area contributed by atoms with Crippen LogP contribution in [-0.2, 0) is 0 Å². The molecule has 2 aromatic carbocycles. The minimum absolute atomic E-state index is 0.169. The van der Waals surface area contributed by atoms with E-state index in [1.807, 2.05) is 12.1 Å². The molecule has 1 saturated heterocycles. The number of halogens is 2. The van der Waals surface area contributed by atoms with Crippen molar-refractivity contribution in [2.45, 2.75) is 0 Å². The van der Waals surface area contributed by atoms with E-state index in [1.54, 1.807) is 23.1 Å². The zero-order chi connectivity index (χ0) is 17.8. The van der Waals surface area contributed by atoms with Gasteiger partial charge in [0.1, 0.15) is 5.82 Å². The second kappa shape index (κ2) is 7.53. The van der Waals surface area contributed by atoms with E-state index in [0.29, 0.717) is 36.2 Å². The van der Waals surface area contributed by atoms with E-state index >= 15 is 0 Å². The van der Waals surface area contributed by atoms with Crippen LogP contribution in [0, 0.1) is 17.1 Å². The largest absolute Gasteiger partial charge is 0.368 e. The van der Waals surface area contributed by atoms with Crippen LogP contribution in [-0.4, -0.2) is 37.1 Å². The molecule has 0 radical (unpaired) electrons. The fourth-order valence-corrected chi connectivity index (χ4v) is 3.03. The summed E-state index contributed by atoms with van der Waals surface area (Å²) in [4.78, 5) is 16.1. The molecule has 1 aliphatic heterocycles. The quantitative estimate of drug-likeness (QED) is 0.830. The normalized spacial score (nSPS) is 14.1. The van der Waals surface area contributed by atoms with Crippen LogP contribution in [0.1, 0.15) is 5.56 Å². The fraction of sp³-hybridized carbons (Fsp3) is 0.222. The van der Waals surface area contributed by atoms with E-state index in [1.165, 1.54) is 12.1 Å². The van der Waals surface area contributed by atoms with Crippen LogP contribution in [0.2, 0.25) is 0 Å². The van der Waals surface area contributed by atoms with Crippen LogP contribution in [0.5, 0.6) is 0 Å². The average molecular weight is 403 g/mol. The van der Waals surface area contributed by atoms with Crippen molar-refractivity contribution in [3.8, 4) is 6.07 Å². The minimum atomic E-state index is -0.473. The molecular weight excluding hydrogens is 387 g/mol. The third-order valence-corrected chi connectivity index (χ3v) is 4.59. The summed E-state index contributed by atoms with van der Waals surface area (Å²) in [5, 5.41) is 11.5. The Hall–Kier alpha value is -2.59. The molecule has 128 valence electrons. The highest BCUT2D eigenvalue weighted by Crippen LogP contribution is 2.21. The van der Waals surface area contributed by atoms with E-state index in [4.69, 9.17) is 5.26 Å². The molecule has 5 nitrogen and oxygen atoms in total. The third-order valence-electron chi connectivity index (χ3n) is 4.10. The Labute approximate surface area is 153 Å². The van der Waals surface area contributed by atoms with Crippen molar-refractivity contribution in [3.05, 3.63) is 58.3 Å². The average Bonchev–Trinajstić information content (AvgIpc) is 2.64. The summed E-state index contributed by atoms with van der Waals surface area (Å²) in [6.45, 7) is 2.46. The fourth-order valence-electron chi connectivity index (χ4n) is 2.70. The first kappa shape index (κ1) is 17.2. The lowest BCUT2D eigenvalue weighted by atomic mass is 10.2. The number of hydrogen-bond acceptors (Lipinski definition) is 3. The first-order chi connectivity index (χ1) is 12.1. The molecule has 0 aromatic heterocycles. The van der Waals surface area contributed by atoms with E-state index in [9.17, 15) is 9.18 Å². The summed E-state index contributed by atoms with van der Waals surface area (Å²) in [6.07, 6.45) is 0. The Bertz CT molecular complexity index is 811. The molecule has 1 fully saturated rings. The molecule has 1 heterocycles. The van der Waals surface area contributed by atoms with Crippen molar-refractivity contribution < 1.29 is 9.18 Å². The highest BCUT2D eigenvalue weighted by molar-refractivity contribution is 9.10. The second-order valence-electron chi connectivity index (χ2n) is 5.69. The Kier molecular flexibility index (Phi) is 5.19. The number of carbonyl (C=O) groups excluding carboxylic acids is 1. The Morgan fingerprint density at radius 1 is 1.12 bits per heavy atom. The topological polar surface area (TPSA) is 59.4 Å². The van der Waals surface area contributed by atoms with Crippen molar-refractivity contribution in [3.63, 3.8) is 0 Å². The highest BCUT2D eigenvalue weighted by Gasteiger charge is 2.22. The van der Waals surface area contributed by atoms with Crippen LogP contribution in [0.25, 0.3) is 0 Å². The summed E-state index contributed by atoms with van der Waals surface area (Å²) in [7, 11) is 0. The zero-order valence-corrected chi connectivity index (χ0v) is 15.0. The van der Waals surface area contributed by atoms with E-state index in [0.717, 1.165) is 5.69 Å². The number of benzene rings is 2. The summed E-state index contributed by atoms with van der Waals surface area (Å²) in [6, 6.07) is 13.7. The van der Waals surface area contributed by atoms with E-state index in [2.05, 4.69) is 32.2 Å². The maximum atomic E-state index is 13.8. The van der Waals surface area contributed by atoms with Crippen LogP contribution in [0.3, 0.4) is 0 Å². The number of anilines is 2. The van der Waals surface area contributed by atoms with Gasteiger partial charge in [0.25, 0.3) is 0 Å². The summed E-state index contributed by atoms with van der Waals surface area (Å²) in [5.74, 6) is -0.473. The molecule has 2 amide bonds. The zero-order valence-electron chi connectivity index (χ0n) is 13.4. The number of urea groups is 1. The Morgan fingerprint density at radius 2 is 1.80 bits per heavy atom. The van der Waals surface area contributed by atoms with Crippen molar-refractivity contribution in [2.24, 2.45) is 0 Å². The van der Waals surface area contributed by atoms with Gasteiger partial charge in [0, 0.05) is 36.3 Å². The van der Waals surface area contributed by atoms with E-state index in [-0.39, 0.29) is 11.7 Å².